The molecule has 0 aromatic heterocycles. The zero-order valence-corrected chi connectivity index (χ0v) is 16.5. The van der Waals surface area contributed by atoms with Crippen LogP contribution in [-0.4, -0.2) is 45.5 Å². The van der Waals surface area contributed by atoms with E-state index in [-0.39, 0.29) is 31.4 Å². The predicted molar refractivity (Wildman–Crippen MR) is 102 cm³/mol. The van der Waals surface area contributed by atoms with Gasteiger partial charge in [0.05, 0.1) is 13.2 Å². The summed E-state index contributed by atoms with van der Waals surface area (Å²) in [5.41, 5.74) is 0.995. The molecule has 2 aromatic rings. The van der Waals surface area contributed by atoms with Crippen LogP contribution >= 0.6 is 0 Å². The van der Waals surface area contributed by atoms with Gasteiger partial charge in [0.1, 0.15) is 22.6 Å². The number of morpholine rings is 1. The van der Waals surface area contributed by atoms with Crippen LogP contribution in [0.4, 0.5) is 8.78 Å². The first-order chi connectivity index (χ1) is 13.9. The van der Waals surface area contributed by atoms with E-state index < -0.39 is 26.6 Å². The highest BCUT2D eigenvalue weighted by molar-refractivity contribution is 7.89. The molecule has 0 spiro atoms. The molecular weight excluding hydrogens is 402 g/mol. The number of hydrogen-bond donors (Lipinski definition) is 1. The minimum atomic E-state index is -4.19. The summed E-state index contributed by atoms with van der Waals surface area (Å²) in [6, 6.07) is 11.8. The van der Waals surface area contributed by atoms with Gasteiger partial charge in [0.2, 0.25) is 15.9 Å². The van der Waals surface area contributed by atoms with Crippen LogP contribution in [0.5, 0.6) is 0 Å². The van der Waals surface area contributed by atoms with E-state index in [1.54, 1.807) is 4.90 Å². The third-order valence-corrected chi connectivity index (χ3v) is 6.11. The maximum atomic E-state index is 13.7. The Hall–Kier alpha value is -2.36. The Balaban J connectivity index is 1.49. The molecule has 1 unspecified atom stereocenters. The van der Waals surface area contributed by atoms with E-state index >= 15 is 0 Å². The summed E-state index contributed by atoms with van der Waals surface area (Å²) in [5, 5.41) is 0. The number of nitrogens with zero attached hydrogens (tertiary/aromatic N) is 1. The SMILES string of the molecule is O=C(CCCNS(=O)(=O)c1cc(F)ccc1F)N1CCOC(c2ccccc2)C1. The van der Waals surface area contributed by atoms with Crippen LogP contribution in [0.1, 0.15) is 24.5 Å². The largest absolute Gasteiger partial charge is 0.370 e. The molecule has 1 atom stereocenters. The summed E-state index contributed by atoms with van der Waals surface area (Å²) < 4.78 is 59.1. The molecule has 6 nitrogen and oxygen atoms in total. The molecule has 1 aliphatic rings. The molecule has 0 radical (unpaired) electrons. The van der Waals surface area contributed by atoms with E-state index in [1.807, 2.05) is 30.3 Å². The predicted octanol–water partition coefficient (Wildman–Crippen LogP) is 2.62. The summed E-state index contributed by atoms with van der Waals surface area (Å²) in [4.78, 5) is 13.4. The molecule has 1 amide bonds. The fourth-order valence-electron chi connectivity index (χ4n) is 3.11. The molecule has 2 aromatic carbocycles. The van der Waals surface area contributed by atoms with Gasteiger partial charge in [-0.15, -0.1) is 0 Å². The number of amides is 1. The van der Waals surface area contributed by atoms with E-state index in [0.717, 1.165) is 17.7 Å². The number of hydrogen-bond acceptors (Lipinski definition) is 4. The van der Waals surface area contributed by atoms with Crippen molar-refractivity contribution in [1.29, 1.82) is 0 Å². The van der Waals surface area contributed by atoms with E-state index in [0.29, 0.717) is 25.8 Å². The Kier molecular flexibility index (Phi) is 6.94. The fraction of sp³-hybridized carbons (Fsp3) is 0.350. The second-order valence-electron chi connectivity index (χ2n) is 6.69. The van der Waals surface area contributed by atoms with E-state index in [2.05, 4.69) is 4.72 Å². The van der Waals surface area contributed by atoms with Gasteiger partial charge in [-0.25, -0.2) is 21.9 Å². The second-order valence-corrected chi connectivity index (χ2v) is 8.42. The highest BCUT2D eigenvalue weighted by Gasteiger charge is 2.25. The van der Waals surface area contributed by atoms with Gasteiger partial charge in [-0.2, -0.15) is 0 Å². The molecule has 156 valence electrons. The summed E-state index contributed by atoms with van der Waals surface area (Å²) in [6.45, 7) is 1.28. The molecule has 1 N–H and O–H groups in total. The fourth-order valence-corrected chi connectivity index (χ4v) is 4.27. The highest BCUT2D eigenvalue weighted by atomic mass is 32.2. The average molecular weight is 424 g/mol. The number of halogens is 2. The molecule has 1 heterocycles. The van der Waals surface area contributed by atoms with Crippen molar-refractivity contribution in [1.82, 2.24) is 9.62 Å². The Bertz CT molecular complexity index is 954. The number of nitrogens with one attached hydrogen (secondary N) is 1. The van der Waals surface area contributed by atoms with Crippen molar-refractivity contribution in [2.75, 3.05) is 26.2 Å². The minimum Gasteiger partial charge on any atom is -0.370 e. The summed E-state index contributed by atoms with van der Waals surface area (Å²) in [6.07, 6.45) is 0.182. The van der Waals surface area contributed by atoms with Crippen LogP contribution in [0, 0.1) is 11.6 Å². The van der Waals surface area contributed by atoms with Crippen molar-refractivity contribution in [3.8, 4) is 0 Å². The normalized spacial score (nSPS) is 17.3. The van der Waals surface area contributed by atoms with Gasteiger partial charge < -0.3 is 9.64 Å². The van der Waals surface area contributed by atoms with Crippen molar-refractivity contribution in [2.24, 2.45) is 0 Å². The van der Waals surface area contributed by atoms with Gasteiger partial charge in [0, 0.05) is 19.5 Å². The molecule has 1 saturated heterocycles. The van der Waals surface area contributed by atoms with Crippen LogP contribution in [0.15, 0.2) is 53.4 Å². The maximum Gasteiger partial charge on any atom is 0.243 e. The van der Waals surface area contributed by atoms with Crippen LogP contribution in [0.3, 0.4) is 0 Å². The average Bonchev–Trinajstić information content (AvgIpc) is 2.73. The molecule has 3 rings (SSSR count). The lowest BCUT2D eigenvalue weighted by atomic mass is 10.1. The van der Waals surface area contributed by atoms with Gasteiger partial charge >= 0.3 is 0 Å². The molecule has 1 aliphatic heterocycles. The van der Waals surface area contributed by atoms with Crippen LogP contribution in [-0.2, 0) is 19.6 Å². The van der Waals surface area contributed by atoms with Crippen molar-refractivity contribution >= 4 is 15.9 Å². The third kappa shape index (κ3) is 5.59. The van der Waals surface area contributed by atoms with Crippen molar-refractivity contribution in [3.63, 3.8) is 0 Å². The maximum absolute atomic E-state index is 13.7. The summed E-state index contributed by atoms with van der Waals surface area (Å²) in [5.74, 6) is -1.98. The molecular formula is C20H22F2N2O4S. The number of ether oxygens (including phenoxy) is 1. The van der Waals surface area contributed by atoms with Crippen molar-refractivity contribution < 1.29 is 26.7 Å². The van der Waals surface area contributed by atoms with E-state index in [1.165, 1.54) is 0 Å². The number of sulfonamides is 1. The van der Waals surface area contributed by atoms with E-state index in [4.69, 9.17) is 4.74 Å². The molecule has 9 heteroatoms. The zero-order chi connectivity index (χ0) is 20.9. The minimum absolute atomic E-state index is 0.0590. The van der Waals surface area contributed by atoms with Gasteiger partial charge in [-0.3, -0.25) is 4.79 Å². The molecule has 29 heavy (non-hydrogen) atoms. The monoisotopic (exact) mass is 424 g/mol. The lowest BCUT2D eigenvalue weighted by molar-refractivity contribution is -0.139. The van der Waals surface area contributed by atoms with Gasteiger partial charge in [0.25, 0.3) is 0 Å². The quantitative estimate of drug-likeness (QED) is 0.694. The second kappa shape index (κ2) is 9.43. The van der Waals surface area contributed by atoms with Crippen LogP contribution < -0.4 is 4.72 Å². The molecule has 1 fully saturated rings. The molecule has 0 saturated carbocycles. The van der Waals surface area contributed by atoms with E-state index in [9.17, 15) is 22.0 Å². The van der Waals surface area contributed by atoms with Crippen molar-refractivity contribution in [3.05, 3.63) is 65.7 Å². The Morgan fingerprint density at radius 1 is 1.17 bits per heavy atom. The zero-order valence-electron chi connectivity index (χ0n) is 15.7. The standard InChI is InChI=1S/C20H22F2N2O4S/c21-16-8-9-17(22)19(13-16)29(26,27)23-10-4-7-20(25)24-11-12-28-18(14-24)15-5-2-1-3-6-15/h1-3,5-6,8-9,13,18,23H,4,7,10-12,14H2. The lowest BCUT2D eigenvalue weighted by Crippen LogP contribution is -2.42. The van der Waals surface area contributed by atoms with Gasteiger partial charge in [-0.1, -0.05) is 30.3 Å². The smallest absolute Gasteiger partial charge is 0.243 e. The number of benzene rings is 2. The number of rotatable bonds is 7. The van der Waals surface area contributed by atoms with Crippen LogP contribution in [0.25, 0.3) is 0 Å². The van der Waals surface area contributed by atoms with Crippen molar-refractivity contribution in [2.45, 2.75) is 23.8 Å². The van der Waals surface area contributed by atoms with Gasteiger partial charge in [0.15, 0.2) is 0 Å². The Labute approximate surface area is 168 Å². The van der Waals surface area contributed by atoms with Gasteiger partial charge in [-0.05, 0) is 30.2 Å². The Morgan fingerprint density at radius 3 is 2.69 bits per heavy atom. The molecule has 0 bridgehead atoms. The Morgan fingerprint density at radius 2 is 1.93 bits per heavy atom. The summed E-state index contributed by atoms with van der Waals surface area (Å²) in [7, 11) is -4.19. The molecule has 0 aliphatic carbocycles. The first-order valence-corrected chi connectivity index (χ1v) is 10.7. The summed E-state index contributed by atoms with van der Waals surface area (Å²) >= 11 is 0. The first-order valence-electron chi connectivity index (χ1n) is 9.26. The number of carbonyl (C=O) groups excluding carboxylic acids is 1. The lowest BCUT2D eigenvalue weighted by Gasteiger charge is -2.33. The number of carbonyl (C=O) groups is 1. The highest BCUT2D eigenvalue weighted by Crippen LogP contribution is 2.22. The first kappa shape index (κ1) is 21.4. The van der Waals surface area contributed by atoms with Crippen LogP contribution in [0.2, 0.25) is 0 Å². The third-order valence-electron chi connectivity index (χ3n) is 4.63. The topological polar surface area (TPSA) is 75.7 Å².